The van der Waals surface area contributed by atoms with Gasteiger partial charge in [-0.1, -0.05) is 25.1 Å². The van der Waals surface area contributed by atoms with Crippen molar-refractivity contribution < 1.29 is 9.53 Å². The summed E-state index contributed by atoms with van der Waals surface area (Å²) in [4.78, 5) is 25.6. The molecule has 0 radical (unpaired) electrons. The van der Waals surface area contributed by atoms with E-state index in [9.17, 15) is 4.79 Å². The zero-order valence-electron chi connectivity index (χ0n) is 17.1. The molecule has 6 nitrogen and oxygen atoms in total. The van der Waals surface area contributed by atoms with Crippen LogP contribution in [-0.4, -0.2) is 41.0 Å². The second kappa shape index (κ2) is 8.37. The first-order chi connectivity index (χ1) is 14.1. The van der Waals surface area contributed by atoms with E-state index in [4.69, 9.17) is 4.74 Å². The number of hydrogen-bond donors (Lipinski definition) is 1. The summed E-state index contributed by atoms with van der Waals surface area (Å²) in [7, 11) is 1.67. The molecular weight excluding hydrogens is 384 g/mol. The van der Waals surface area contributed by atoms with Crippen LogP contribution in [0, 0.1) is 12.8 Å². The fourth-order valence-corrected chi connectivity index (χ4v) is 4.91. The van der Waals surface area contributed by atoms with Crippen LogP contribution >= 0.6 is 11.3 Å². The second-order valence-corrected chi connectivity index (χ2v) is 8.60. The molecule has 0 saturated carbocycles. The third-order valence-corrected chi connectivity index (χ3v) is 6.82. The molecule has 1 amide bonds. The molecule has 1 N–H and O–H groups in total. The van der Waals surface area contributed by atoms with Crippen LogP contribution in [0.5, 0.6) is 5.75 Å². The quantitative estimate of drug-likeness (QED) is 0.671. The van der Waals surface area contributed by atoms with Crippen LogP contribution in [0.2, 0.25) is 0 Å². The van der Waals surface area contributed by atoms with Crippen molar-refractivity contribution in [2.45, 2.75) is 33.2 Å². The molecule has 1 aliphatic heterocycles. The first-order valence-electron chi connectivity index (χ1n) is 9.97. The number of piperidine rings is 1. The van der Waals surface area contributed by atoms with E-state index >= 15 is 0 Å². The van der Waals surface area contributed by atoms with E-state index in [1.54, 1.807) is 13.4 Å². The van der Waals surface area contributed by atoms with Gasteiger partial charge in [0, 0.05) is 25.2 Å². The van der Waals surface area contributed by atoms with Gasteiger partial charge in [0.15, 0.2) is 0 Å². The number of rotatable bonds is 5. The average molecular weight is 411 g/mol. The molecule has 1 fully saturated rings. The van der Waals surface area contributed by atoms with Gasteiger partial charge in [-0.2, -0.15) is 0 Å². The minimum atomic E-state index is 0.119. The highest BCUT2D eigenvalue weighted by molar-refractivity contribution is 7.20. The van der Waals surface area contributed by atoms with E-state index in [0.717, 1.165) is 63.7 Å². The molecule has 2 aromatic heterocycles. The lowest BCUT2D eigenvalue weighted by Gasteiger charge is -2.30. The summed E-state index contributed by atoms with van der Waals surface area (Å²) in [6.07, 6.45) is 3.70. The van der Waals surface area contributed by atoms with Crippen LogP contribution in [0.4, 0.5) is 5.82 Å². The summed E-state index contributed by atoms with van der Waals surface area (Å²) in [5, 5.41) is 4.34. The topological polar surface area (TPSA) is 67.3 Å². The van der Waals surface area contributed by atoms with Crippen molar-refractivity contribution in [3.63, 3.8) is 0 Å². The van der Waals surface area contributed by atoms with E-state index in [1.807, 2.05) is 36.1 Å². The number of ether oxygens (including phenoxy) is 1. The number of carbonyl (C=O) groups is 1. The van der Waals surface area contributed by atoms with Gasteiger partial charge in [-0.25, -0.2) is 9.97 Å². The van der Waals surface area contributed by atoms with Crippen LogP contribution < -0.4 is 10.1 Å². The highest BCUT2D eigenvalue weighted by Gasteiger charge is 2.26. The summed E-state index contributed by atoms with van der Waals surface area (Å²) in [6.45, 7) is 6.49. The fourth-order valence-electron chi connectivity index (χ4n) is 3.79. The molecule has 0 aliphatic carbocycles. The van der Waals surface area contributed by atoms with Gasteiger partial charge in [0.2, 0.25) is 0 Å². The van der Waals surface area contributed by atoms with E-state index in [-0.39, 0.29) is 5.91 Å². The standard InChI is InChI=1S/C22H26N4O2S/c1-14-8-10-26(11-9-14)22(27)19-15(2)18-20(24-13-25-21(18)29-19)23-12-16-6-4-5-7-17(16)28-3/h4-7,13-14H,8-12H2,1-3H3,(H,23,24,25). The molecular formula is C22H26N4O2S. The maximum Gasteiger partial charge on any atom is 0.264 e. The van der Waals surface area contributed by atoms with E-state index in [1.165, 1.54) is 11.3 Å². The molecule has 3 aromatic rings. The third kappa shape index (κ3) is 3.92. The molecule has 3 heterocycles. The van der Waals surface area contributed by atoms with Crippen molar-refractivity contribution in [2.24, 2.45) is 5.92 Å². The summed E-state index contributed by atoms with van der Waals surface area (Å²) in [6, 6.07) is 7.91. The maximum atomic E-state index is 13.1. The van der Waals surface area contributed by atoms with Crippen LogP contribution in [-0.2, 0) is 6.54 Å². The molecule has 0 spiro atoms. The van der Waals surface area contributed by atoms with Crippen molar-refractivity contribution in [1.82, 2.24) is 14.9 Å². The molecule has 1 aliphatic rings. The van der Waals surface area contributed by atoms with Crippen molar-refractivity contribution >= 4 is 33.3 Å². The fraction of sp³-hybridized carbons (Fsp3) is 0.409. The Morgan fingerprint density at radius 2 is 2.03 bits per heavy atom. The minimum absolute atomic E-state index is 0.119. The third-order valence-electron chi connectivity index (χ3n) is 5.63. The van der Waals surface area contributed by atoms with Crippen LogP contribution in [0.15, 0.2) is 30.6 Å². The molecule has 29 heavy (non-hydrogen) atoms. The predicted octanol–water partition coefficient (Wildman–Crippen LogP) is 4.49. The summed E-state index contributed by atoms with van der Waals surface area (Å²) >= 11 is 1.46. The smallest absolute Gasteiger partial charge is 0.264 e. The van der Waals surface area contributed by atoms with Gasteiger partial charge in [0.05, 0.1) is 17.4 Å². The Hall–Kier alpha value is -2.67. The molecule has 0 atom stereocenters. The molecule has 1 saturated heterocycles. The number of aromatic nitrogens is 2. The van der Waals surface area contributed by atoms with E-state index < -0.39 is 0 Å². The Morgan fingerprint density at radius 1 is 1.28 bits per heavy atom. The minimum Gasteiger partial charge on any atom is -0.496 e. The van der Waals surface area contributed by atoms with Crippen molar-refractivity contribution in [1.29, 1.82) is 0 Å². The van der Waals surface area contributed by atoms with Gasteiger partial charge in [-0.05, 0) is 37.3 Å². The van der Waals surface area contributed by atoms with Crippen LogP contribution in [0.1, 0.15) is 40.6 Å². The van der Waals surface area contributed by atoms with Gasteiger partial charge in [0.25, 0.3) is 5.91 Å². The Labute approximate surface area is 174 Å². The van der Waals surface area contributed by atoms with Gasteiger partial charge in [-0.3, -0.25) is 4.79 Å². The highest BCUT2D eigenvalue weighted by atomic mass is 32.1. The molecule has 152 valence electrons. The molecule has 7 heteroatoms. The molecule has 0 bridgehead atoms. The van der Waals surface area contributed by atoms with Crippen LogP contribution in [0.3, 0.4) is 0 Å². The number of methoxy groups -OCH3 is 1. The number of nitrogens with one attached hydrogen (secondary N) is 1. The number of benzene rings is 1. The van der Waals surface area contributed by atoms with Gasteiger partial charge in [0.1, 0.15) is 22.7 Å². The van der Waals surface area contributed by atoms with Gasteiger partial charge >= 0.3 is 0 Å². The first kappa shape index (κ1) is 19.6. The first-order valence-corrected chi connectivity index (χ1v) is 10.8. The summed E-state index contributed by atoms with van der Waals surface area (Å²) in [5.74, 6) is 2.40. The lowest BCUT2D eigenvalue weighted by molar-refractivity contribution is 0.0701. The Morgan fingerprint density at radius 3 is 2.79 bits per heavy atom. The Bertz CT molecular complexity index is 1020. The lowest BCUT2D eigenvalue weighted by atomic mass is 9.99. The monoisotopic (exact) mass is 410 g/mol. The second-order valence-electron chi connectivity index (χ2n) is 7.60. The largest absolute Gasteiger partial charge is 0.496 e. The average Bonchev–Trinajstić information content (AvgIpc) is 3.09. The number of fused-ring (bicyclic) bond motifs is 1. The maximum absolute atomic E-state index is 13.1. The Kier molecular flexibility index (Phi) is 5.67. The Balaban J connectivity index is 1.60. The summed E-state index contributed by atoms with van der Waals surface area (Å²) in [5.41, 5.74) is 2.00. The number of nitrogens with zero attached hydrogens (tertiary/aromatic N) is 3. The number of thiophene rings is 1. The number of carbonyl (C=O) groups excluding carboxylic acids is 1. The number of para-hydroxylation sites is 1. The van der Waals surface area contributed by atoms with Crippen LogP contribution in [0.25, 0.3) is 10.2 Å². The zero-order chi connectivity index (χ0) is 20.4. The van der Waals surface area contributed by atoms with E-state index in [2.05, 4.69) is 22.2 Å². The predicted molar refractivity (Wildman–Crippen MR) is 117 cm³/mol. The number of likely N-dealkylation sites (tertiary alicyclic amines) is 1. The van der Waals surface area contributed by atoms with Crippen molar-refractivity contribution in [3.8, 4) is 5.75 Å². The molecule has 4 rings (SSSR count). The number of anilines is 1. The number of hydrogen-bond acceptors (Lipinski definition) is 6. The SMILES string of the molecule is COc1ccccc1CNc1ncnc2sc(C(=O)N3CCC(C)CC3)c(C)c12. The molecule has 0 unspecified atom stereocenters. The lowest BCUT2D eigenvalue weighted by Crippen LogP contribution is -2.37. The number of aryl methyl sites for hydroxylation is 1. The zero-order valence-corrected chi connectivity index (χ0v) is 17.9. The molecule has 1 aromatic carbocycles. The highest BCUT2D eigenvalue weighted by Crippen LogP contribution is 2.35. The van der Waals surface area contributed by atoms with Gasteiger partial charge in [-0.15, -0.1) is 11.3 Å². The normalized spacial score (nSPS) is 14.9. The summed E-state index contributed by atoms with van der Waals surface area (Å²) < 4.78 is 5.43. The van der Waals surface area contributed by atoms with Crippen molar-refractivity contribution in [3.05, 3.63) is 46.6 Å². The number of amides is 1. The van der Waals surface area contributed by atoms with Gasteiger partial charge < -0.3 is 15.0 Å². The van der Waals surface area contributed by atoms with Crippen molar-refractivity contribution in [2.75, 3.05) is 25.5 Å². The van der Waals surface area contributed by atoms with E-state index in [0.29, 0.717) is 12.5 Å².